The summed E-state index contributed by atoms with van der Waals surface area (Å²) in [5, 5.41) is 0.926. The summed E-state index contributed by atoms with van der Waals surface area (Å²) in [6.45, 7) is 0. The summed E-state index contributed by atoms with van der Waals surface area (Å²) in [6.07, 6.45) is 0. The second kappa shape index (κ2) is 6.41. The number of hydrogen-bond donors (Lipinski definition) is 1. The Morgan fingerprint density at radius 3 is 1.95 bits per heavy atom. The molecule has 0 bridgehead atoms. The molecule has 0 saturated carbocycles. The van der Waals surface area contributed by atoms with Crippen LogP contribution in [-0.4, -0.2) is 10.7 Å². The van der Waals surface area contributed by atoms with Crippen LogP contribution in [0.2, 0.25) is 5.02 Å². The van der Waals surface area contributed by atoms with Crippen LogP contribution in [0.25, 0.3) is 0 Å². The van der Waals surface area contributed by atoms with E-state index < -0.39 is 5.02 Å². The molecule has 2 aromatic rings. The SMILES string of the molecule is NN=C(c1ccc(Cl)cc1)c1ccc(OC(F)(F)Br)cc1. The van der Waals surface area contributed by atoms with Crippen molar-refractivity contribution in [3.63, 3.8) is 0 Å². The maximum Gasteiger partial charge on any atom is 0.459 e. The third-order valence-corrected chi connectivity index (χ3v) is 3.02. The Bertz CT molecular complexity index is 640. The van der Waals surface area contributed by atoms with Crippen LogP contribution in [0.5, 0.6) is 5.75 Å². The number of nitrogens with two attached hydrogens (primary N) is 1. The molecule has 0 aliphatic heterocycles. The lowest BCUT2D eigenvalue weighted by Gasteiger charge is -2.12. The van der Waals surface area contributed by atoms with E-state index in [0.717, 1.165) is 5.56 Å². The monoisotopic (exact) mass is 374 g/mol. The van der Waals surface area contributed by atoms with Crippen molar-refractivity contribution in [2.45, 2.75) is 5.02 Å². The lowest BCUT2D eigenvalue weighted by molar-refractivity contribution is -0.0802. The fourth-order valence-electron chi connectivity index (χ4n) is 1.74. The molecular formula is C14H10BrClF2N2O. The van der Waals surface area contributed by atoms with Gasteiger partial charge in [0.05, 0.1) is 5.71 Å². The Hall–Kier alpha value is -1.66. The van der Waals surface area contributed by atoms with Crippen LogP contribution < -0.4 is 10.6 Å². The van der Waals surface area contributed by atoms with E-state index in [1.807, 2.05) is 0 Å². The summed E-state index contributed by atoms with van der Waals surface area (Å²) in [5.41, 5.74) is 1.95. The largest absolute Gasteiger partial charge is 0.459 e. The summed E-state index contributed by atoms with van der Waals surface area (Å²) in [6, 6.07) is 13.0. The molecule has 7 heteroatoms. The van der Waals surface area contributed by atoms with Crippen molar-refractivity contribution in [3.05, 3.63) is 64.7 Å². The number of alkyl halides is 3. The lowest BCUT2D eigenvalue weighted by atomic mass is 10.0. The minimum Gasteiger partial charge on any atom is -0.424 e. The van der Waals surface area contributed by atoms with E-state index in [9.17, 15) is 8.78 Å². The van der Waals surface area contributed by atoms with Gasteiger partial charge in [-0.3, -0.25) is 0 Å². The molecule has 0 aromatic heterocycles. The molecule has 0 radical (unpaired) electrons. The molecule has 3 nitrogen and oxygen atoms in total. The van der Waals surface area contributed by atoms with Crippen molar-refractivity contribution in [2.24, 2.45) is 10.9 Å². The van der Waals surface area contributed by atoms with E-state index in [4.69, 9.17) is 17.4 Å². The highest BCUT2D eigenvalue weighted by Crippen LogP contribution is 2.27. The van der Waals surface area contributed by atoms with Crippen LogP contribution in [-0.2, 0) is 0 Å². The number of hydrazone groups is 1. The quantitative estimate of drug-likeness (QED) is 0.373. The standard InChI is InChI=1S/C14H10BrClF2N2O/c15-14(17,18)21-12-7-3-10(4-8-12)13(20-19)9-1-5-11(16)6-2-9/h1-8H,19H2. The summed E-state index contributed by atoms with van der Waals surface area (Å²) in [7, 11) is 0. The van der Waals surface area contributed by atoms with Gasteiger partial charge in [0.2, 0.25) is 0 Å². The molecule has 0 amide bonds. The third-order valence-electron chi connectivity index (χ3n) is 2.61. The maximum atomic E-state index is 12.7. The highest BCUT2D eigenvalue weighted by atomic mass is 79.9. The van der Waals surface area contributed by atoms with Gasteiger partial charge in [-0.2, -0.15) is 13.9 Å². The van der Waals surface area contributed by atoms with E-state index in [0.29, 0.717) is 16.3 Å². The summed E-state index contributed by atoms with van der Waals surface area (Å²) >= 11 is 7.93. The van der Waals surface area contributed by atoms with Crippen LogP contribution in [0.4, 0.5) is 8.78 Å². The van der Waals surface area contributed by atoms with Crippen LogP contribution in [0, 0.1) is 0 Å². The van der Waals surface area contributed by atoms with Gasteiger partial charge < -0.3 is 10.6 Å². The van der Waals surface area contributed by atoms with Crippen LogP contribution >= 0.6 is 27.5 Å². The average molecular weight is 376 g/mol. The maximum absolute atomic E-state index is 12.7. The van der Waals surface area contributed by atoms with Gasteiger partial charge in [0.25, 0.3) is 0 Å². The molecule has 0 spiro atoms. The fourth-order valence-corrected chi connectivity index (χ4v) is 2.05. The number of rotatable bonds is 4. The second-order valence-corrected chi connectivity index (χ2v) is 5.42. The summed E-state index contributed by atoms with van der Waals surface area (Å²) < 4.78 is 29.7. The first kappa shape index (κ1) is 15.7. The molecule has 2 N–H and O–H groups in total. The third kappa shape index (κ3) is 4.41. The van der Waals surface area contributed by atoms with Gasteiger partial charge in [-0.05, 0) is 36.4 Å². The summed E-state index contributed by atoms with van der Waals surface area (Å²) in [4.78, 5) is 0. The summed E-state index contributed by atoms with van der Waals surface area (Å²) in [5.74, 6) is 5.43. The van der Waals surface area contributed by atoms with Crippen LogP contribution in [0.1, 0.15) is 11.1 Å². The zero-order valence-corrected chi connectivity index (χ0v) is 12.9. The smallest absolute Gasteiger partial charge is 0.424 e. The average Bonchev–Trinajstić information content (AvgIpc) is 2.42. The van der Waals surface area contributed by atoms with Gasteiger partial charge in [-0.25, -0.2) is 0 Å². The van der Waals surface area contributed by atoms with Crippen molar-refractivity contribution in [2.75, 3.05) is 0 Å². The minimum absolute atomic E-state index is 0.0214. The Labute approximate surface area is 133 Å². The van der Waals surface area contributed by atoms with Gasteiger partial charge >= 0.3 is 5.02 Å². The van der Waals surface area contributed by atoms with Crippen molar-refractivity contribution in [1.29, 1.82) is 0 Å². The number of hydrogen-bond acceptors (Lipinski definition) is 3. The zero-order chi connectivity index (χ0) is 15.5. The predicted molar refractivity (Wildman–Crippen MR) is 82.2 cm³/mol. The molecule has 2 rings (SSSR count). The van der Waals surface area contributed by atoms with E-state index in [1.165, 1.54) is 12.1 Å². The molecule has 2 aromatic carbocycles. The molecule has 0 saturated heterocycles. The normalized spacial score (nSPS) is 12.3. The number of halogens is 4. The number of nitrogens with zero attached hydrogens (tertiary/aromatic N) is 1. The molecule has 21 heavy (non-hydrogen) atoms. The van der Waals surface area contributed by atoms with Crippen molar-refractivity contribution >= 4 is 33.2 Å². The lowest BCUT2D eigenvalue weighted by Crippen LogP contribution is -2.15. The van der Waals surface area contributed by atoms with E-state index >= 15 is 0 Å². The highest BCUT2D eigenvalue weighted by molar-refractivity contribution is 9.09. The Morgan fingerprint density at radius 2 is 1.52 bits per heavy atom. The van der Waals surface area contributed by atoms with Crippen molar-refractivity contribution < 1.29 is 13.5 Å². The first-order valence-electron chi connectivity index (χ1n) is 5.79. The fraction of sp³-hybridized carbons (Fsp3) is 0.0714. The van der Waals surface area contributed by atoms with Crippen LogP contribution in [0.15, 0.2) is 53.6 Å². The Kier molecular flexibility index (Phi) is 4.80. The van der Waals surface area contributed by atoms with Gasteiger partial charge in [0.15, 0.2) is 0 Å². The molecule has 0 aliphatic rings. The predicted octanol–water partition coefficient (Wildman–Crippen LogP) is 4.38. The van der Waals surface area contributed by atoms with Crippen molar-refractivity contribution in [1.82, 2.24) is 0 Å². The molecule has 110 valence electrons. The van der Waals surface area contributed by atoms with Crippen molar-refractivity contribution in [3.8, 4) is 5.75 Å². The number of benzene rings is 2. The van der Waals surface area contributed by atoms with Gasteiger partial charge in [0.1, 0.15) is 5.75 Å². The molecular weight excluding hydrogens is 366 g/mol. The molecule has 0 unspecified atom stereocenters. The van der Waals surface area contributed by atoms with E-state index in [2.05, 4.69) is 25.8 Å². The highest BCUT2D eigenvalue weighted by Gasteiger charge is 2.26. The molecule has 0 heterocycles. The number of ether oxygens (including phenoxy) is 1. The van der Waals surface area contributed by atoms with E-state index in [1.54, 1.807) is 36.4 Å². The zero-order valence-electron chi connectivity index (χ0n) is 10.6. The first-order chi connectivity index (χ1) is 9.89. The van der Waals surface area contributed by atoms with Crippen LogP contribution in [0.3, 0.4) is 0 Å². The van der Waals surface area contributed by atoms with Gasteiger partial charge in [-0.15, -0.1) is 0 Å². The second-order valence-electron chi connectivity index (χ2n) is 4.06. The van der Waals surface area contributed by atoms with Gasteiger partial charge in [-0.1, -0.05) is 23.7 Å². The van der Waals surface area contributed by atoms with Gasteiger partial charge in [0, 0.05) is 32.1 Å². The Morgan fingerprint density at radius 1 is 1.05 bits per heavy atom. The van der Waals surface area contributed by atoms with E-state index in [-0.39, 0.29) is 5.75 Å². The molecule has 0 fully saturated rings. The Balaban J connectivity index is 2.26. The molecule has 0 aliphatic carbocycles. The molecule has 0 atom stereocenters. The minimum atomic E-state index is -3.41. The first-order valence-corrected chi connectivity index (χ1v) is 6.96. The topological polar surface area (TPSA) is 47.6 Å².